The fraction of sp³-hybridized carbons (Fsp3) is 0.818. The SMILES string of the molecule is O=C(O)[C@@H](CC1CCCCC1)[C@@H](O)C(=O)O. The highest BCUT2D eigenvalue weighted by atomic mass is 16.4. The van der Waals surface area contributed by atoms with E-state index in [4.69, 9.17) is 10.2 Å². The van der Waals surface area contributed by atoms with Crippen molar-refractivity contribution < 1.29 is 24.9 Å². The first-order valence-corrected chi connectivity index (χ1v) is 5.66. The molecule has 16 heavy (non-hydrogen) atoms. The normalized spacial score (nSPS) is 21.3. The highest BCUT2D eigenvalue weighted by molar-refractivity contribution is 5.81. The van der Waals surface area contributed by atoms with E-state index < -0.39 is 24.0 Å². The van der Waals surface area contributed by atoms with Crippen molar-refractivity contribution in [2.75, 3.05) is 0 Å². The Morgan fingerprint density at radius 1 is 1.06 bits per heavy atom. The first kappa shape index (κ1) is 13.0. The van der Waals surface area contributed by atoms with Crippen LogP contribution in [0.15, 0.2) is 0 Å². The summed E-state index contributed by atoms with van der Waals surface area (Å²) in [5.74, 6) is -3.62. The molecule has 1 fully saturated rings. The Kier molecular flexibility index (Phi) is 4.73. The van der Waals surface area contributed by atoms with Crippen molar-refractivity contribution in [2.24, 2.45) is 11.8 Å². The molecule has 0 heterocycles. The minimum atomic E-state index is -1.79. The van der Waals surface area contributed by atoms with Crippen LogP contribution in [0.25, 0.3) is 0 Å². The van der Waals surface area contributed by atoms with E-state index in [0.717, 1.165) is 32.1 Å². The van der Waals surface area contributed by atoms with Crippen LogP contribution in [0.4, 0.5) is 0 Å². The van der Waals surface area contributed by atoms with Crippen molar-refractivity contribution in [2.45, 2.75) is 44.6 Å². The van der Waals surface area contributed by atoms with Gasteiger partial charge in [0.1, 0.15) is 0 Å². The van der Waals surface area contributed by atoms with Gasteiger partial charge >= 0.3 is 11.9 Å². The topological polar surface area (TPSA) is 94.8 Å². The number of hydrogen-bond acceptors (Lipinski definition) is 3. The van der Waals surface area contributed by atoms with Crippen LogP contribution in [0.5, 0.6) is 0 Å². The van der Waals surface area contributed by atoms with Crippen molar-refractivity contribution in [1.29, 1.82) is 0 Å². The van der Waals surface area contributed by atoms with Crippen LogP contribution in [0.2, 0.25) is 0 Å². The first-order valence-electron chi connectivity index (χ1n) is 5.66. The summed E-state index contributed by atoms with van der Waals surface area (Å²) in [7, 11) is 0. The second kappa shape index (κ2) is 5.84. The van der Waals surface area contributed by atoms with Gasteiger partial charge < -0.3 is 15.3 Å². The molecule has 0 radical (unpaired) electrons. The number of carbonyl (C=O) groups is 2. The molecule has 3 N–H and O–H groups in total. The first-order chi connectivity index (χ1) is 7.52. The molecule has 0 saturated heterocycles. The number of aliphatic hydroxyl groups excluding tert-OH is 1. The van der Waals surface area contributed by atoms with Gasteiger partial charge in [-0.3, -0.25) is 4.79 Å². The van der Waals surface area contributed by atoms with Gasteiger partial charge in [0.25, 0.3) is 0 Å². The van der Waals surface area contributed by atoms with Crippen LogP contribution in [0.3, 0.4) is 0 Å². The Labute approximate surface area is 94.1 Å². The van der Waals surface area contributed by atoms with Gasteiger partial charge in [-0.05, 0) is 12.3 Å². The molecule has 92 valence electrons. The third-order valence-electron chi connectivity index (χ3n) is 3.26. The Morgan fingerprint density at radius 3 is 2.06 bits per heavy atom. The van der Waals surface area contributed by atoms with Crippen LogP contribution < -0.4 is 0 Å². The van der Waals surface area contributed by atoms with Crippen LogP contribution >= 0.6 is 0 Å². The molecule has 1 rings (SSSR count). The third kappa shape index (κ3) is 3.48. The molecule has 5 nitrogen and oxygen atoms in total. The van der Waals surface area contributed by atoms with E-state index in [0.29, 0.717) is 0 Å². The predicted octanol–water partition coefficient (Wildman–Crippen LogP) is 1.10. The Balaban J connectivity index is 2.56. The Morgan fingerprint density at radius 2 is 1.62 bits per heavy atom. The van der Waals surface area contributed by atoms with E-state index in [9.17, 15) is 14.7 Å². The lowest BCUT2D eigenvalue weighted by Crippen LogP contribution is -2.36. The quantitative estimate of drug-likeness (QED) is 0.657. The van der Waals surface area contributed by atoms with Gasteiger partial charge in [0.05, 0.1) is 5.92 Å². The molecule has 0 bridgehead atoms. The van der Waals surface area contributed by atoms with Gasteiger partial charge in [-0.2, -0.15) is 0 Å². The number of carboxylic acid groups (broad SMARTS) is 2. The molecule has 1 aliphatic rings. The summed E-state index contributed by atoms with van der Waals surface area (Å²) in [5, 5.41) is 26.8. The summed E-state index contributed by atoms with van der Waals surface area (Å²) in [6.07, 6.45) is 3.66. The summed E-state index contributed by atoms with van der Waals surface area (Å²) in [4.78, 5) is 21.5. The van der Waals surface area contributed by atoms with Crippen molar-refractivity contribution in [3.63, 3.8) is 0 Å². The molecule has 2 atom stereocenters. The molecular formula is C11H18O5. The number of carboxylic acids is 2. The average molecular weight is 230 g/mol. The molecule has 0 aromatic heterocycles. The second-order valence-corrected chi connectivity index (χ2v) is 4.47. The van der Waals surface area contributed by atoms with Crippen molar-refractivity contribution in [3.05, 3.63) is 0 Å². The molecule has 0 aromatic carbocycles. The number of hydrogen-bond donors (Lipinski definition) is 3. The van der Waals surface area contributed by atoms with Gasteiger partial charge in [-0.1, -0.05) is 32.1 Å². The van der Waals surface area contributed by atoms with Gasteiger partial charge in [0.15, 0.2) is 6.10 Å². The lowest BCUT2D eigenvalue weighted by Gasteiger charge is -2.25. The Hall–Kier alpha value is -1.10. The maximum absolute atomic E-state index is 10.9. The minimum absolute atomic E-state index is 0.240. The summed E-state index contributed by atoms with van der Waals surface area (Å²) >= 11 is 0. The fourth-order valence-corrected chi connectivity index (χ4v) is 2.32. The van der Waals surface area contributed by atoms with E-state index in [2.05, 4.69) is 0 Å². The van der Waals surface area contributed by atoms with E-state index in [1.807, 2.05) is 0 Å². The van der Waals surface area contributed by atoms with Crippen molar-refractivity contribution >= 4 is 11.9 Å². The fourth-order valence-electron chi connectivity index (χ4n) is 2.32. The van der Waals surface area contributed by atoms with Crippen LogP contribution in [-0.4, -0.2) is 33.4 Å². The number of aliphatic carboxylic acids is 2. The molecule has 1 aliphatic carbocycles. The van der Waals surface area contributed by atoms with Gasteiger partial charge in [-0.25, -0.2) is 4.79 Å². The van der Waals surface area contributed by atoms with Crippen LogP contribution in [0.1, 0.15) is 38.5 Å². The molecule has 0 amide bonds. The second-order valence-electron chi connectivity index (χ2n) is 4.47. The summed E-state index contributed by atoms with van der Waals surface area (Å²) < 4.78 is 0. The number of aliphatic hydroxyl groups is 1. The summed E-state index contributed by atoms with van der Waals surface area (Å²) in [5.41, 5.74) is 0. The average Bonchev–Trinajstić information content (AvgIpc) is 2.26. The minimum Gasteiger partial charge on any atom is -0.481 e. The summed E-state index contributed by atoms with van der Waals surface area (Å²) in [6.45, 7) is 0. The zero-order valence-corrected chi connectivity index (χ0v) is 9.13. The lowest BCUT2D eigenvalue weighted by atomic mass is 9.81. The highest BCUT2D eigenvalue weighted by Crippen LogP contribution is 2.30. The molecule has 0 aromatic rings. The van der Waals surface area contributed by atoms with E-state index >= 15 is 0 Å². The van der Waals surface area contributed by atoms with Crippen LogP contribution in [-0.2, 0) is 9.59 Å². The molecule has 0 spiro atoms. The molecule has 5 heteroatoms. The zero-order chi connectivity index (χ0) is 12.1. The molecule has 0 unspecified atom stereocenters. The molecule has 0 aliphatic heterocycles. The van der Waals surface area contributed by atoms with Gasteiger partial charge in [-0.15, -0.1) is 0 Å². The lowest BCUT2D eigenvalue weighted by molar-refractivity contribution is -0.160. The van der Waals surface area contributed by atoms with Gasteiger partial charge in [0, 0.05) is 0 Å². The standard InChI is InChI=1S/C11H18O5/c12-9(11(15)16)8(10(13)14)6-7-4-2-1-3-5-7/h7-9,12H,1-6H2,(H,13,14)(H,15,16)/t8-,9+/m0/s1. The highest BCUT2D eigenvalue weighted by Gasteiger charge is 2.34. The zero-order valence-electron chi connectivity index (χ0n) is 9.13. The monoisotopic (exact) mass is 230 g/mol. The van der Waals surface area contributed by atoms with Crippen molar-refractivity contribution in [1.82, 2.24) is 0 Å². The van der Waals surface area contributed by atoms with E-state index in [1.165, 1.54) is 0 Å². The number of rotatable bonds is 5. The smallest absolute Gasteiger partial charge is 0.333 e. The Bertz CT molecular complexity index is 257. The predicted molar refractivity (Wildman–Crippen MR) is 56.0 cm³/mol. The molecular weight excluding hydrogens is 212 g/mol. The third-order valence-corrected chi connectivity index (χ3v) is 3.26. The molecule has 1 saturated carbocycles. The van der Waals surface area contributed by atoms with E-state index in [1.54, 1.807) is 0 Å². The van der Waals surface area contributed by atoms with E-state index in [-0.39, 0.29) is 12.3 Å². The maximum Gasteiger partial charge on any atom is 0.333 e. The summed E-state index contributed by atoms with van der Waals surface area (Å²) in [6, 6.07) is 0. The maximum atomic E-state index is 10.9. The van der Waals surface area contributed by atoms with Gasteiger partial charge in [0.2, 0.25) is 0 Å². The van der Waals surface area contributed by atoms with Crippen molar-refractivity contribution in [3.8, 4) is 0 Å². The largest absolute Gasteiger partial charge is 0.481 e. The van der Waals surface area contributed by atoms with Crippen LogP contribution in [0, 0.1) is 11.8 Å².